The molecule has 9 heteroatoms. The van der Waals surface area contributed by atoms with Crippen molar-refractivity contribution in [1.82, 2.24) is 5.32 Å². The zero-order valence-electron chi connectivity index (χ0n) is 15.7. The van der Waals surface area contributed by atoms with Crippen molar-refractivity contribution in [2.24, 2.45) is 0 Å². The molecule has 2 N–H and O–H groups in total. The Morgan fingerprint density at radius 3 is 2.21 bits per heavy atom. The molecule has 1 aliphatic rings. The molecule has 0 aromatic heterocycles. The van der Waals surface area contributed by atoms with E-state index < -0.39 is 26.4 Å². The monoisotopic (exact) mass is 454 g/mol. The first-order valence-electron chi connectivity index (χ1n) is 9.04. The van der Waals surface area contributed by atoms with Crippen LogP contribution in [-0.2, 0) is 14.6 Å². The van der Waals surface area contributed by atoms with Crippen molar-refractivity contribution in [1.29, 1.82) is 0 Å². The summed E-state index contributed by atoms with van der Waals surface area (Å²) in [4.78, 5) is 25.2. The van der Waals surface area contributed by atoms with Gasteiger partial charge in [0.05, 0.1) is 15.5 Å². The van der Waals surface area contributed by atoms with E-state index >= 15 is 0 Å². The third-order valence-corrected chi connectivity index (χ3v) is 8.26. The molecule has 0 radical (unpaired) electrons. The van der Waals surface area contributed by atoms with Gasteiger partial charge in [-0.15, -0.1) is 0 Å². The number of hydrogen-bond acceptors (Lipinski definition) is 4. The van der Waals surface area contributed by atoms with E-state index in [0.717, 1.165) is 0 Å². The summed E-state index contributed by atoms with van der Waals surface area (Å²) in [6.45, 7) is 0. The first kappa shape index (κ1) is 21.6. The zero-order chi connectivity index (χ0) is 21.2. The Kier molecular flexibility index (Phi) is 6.22. The van der Waals surface area contributed by atoms with E-state index in [0.29, 0.717) is 23.6 Å². The lowest BCUT2D eigenvalue weighted by molar-refractivity contribution is -0.118. The van der Waals surface area contributed by atoms with Crippen LogP contribution in [0, 0.1) is 0 Å². The minimum atomic E-state index is -3.95. The summed E-state index contributed by atoms with van der Waals surface area (Å²) in [5.41, 5.74) is 0.489. The number of halogens is 2. The smallest absolute Gasteiger partial charge is 0.252 e. The molecular formula is C20H20Cl2N2O4S. The number of anilines is 1. The molecule has 29 heavy (non-hydrogen) atoms. The second-order valence-electron chi connectivity index (χ2n) is 6.89. The number of sulfone groups is 1. The molecule has 6 nitrogen and oxygen atoms in total. The van der Waals surface area contributed by atoms with Gasteiger partial charge in [0.2, 0.25) is 5.91 Å². The van der Waals surface area contributed by atoms with Crippen LogP contribution in [0.1, 0.15) is 36.0 Å². The second kappa shape index (κ2) is 8.34. The van der Waals surface area contributed by atoms with E-state index in [1.807, 2.05) is 0 Å². The van der Waals surface area contributed by atoms with Gasteiger partial charge < -0.3 is 10.6 Å². The molecule has 1 fully saturated rings. The van der Waals surface area contributed by atoms with E-state index in [2.05, 4.69) is 10.6 Å². The van der Waals surface area contributed by atoms with E-state index in [-0.39, 0.29) is 28.3 Å². The second-order valence-corrected chi connectivity index (χ2v) is 9.99. The summed E-state index contributed by atoms with van der Waals surface area (Å²) in [6, 6.07) is 10.2. The highest BCUT2D eigenvalue weighted by Crippen LogP contribution is 2.41. The topological polar surface area (TPSA) is 92.3 Å². The number of carbonyl (C=O) groups is 2. The van der Waals surface area contributed by atoms with Gasteiger partial charge in [0.25, 0.3) is 5.91 Å². The summed E-state index contributed by atoms with van der Waals surface area (Å²) >= 11 is 11.9. The largest absolute Gasteiger partial charge is 0.355 e. The fourth-order valence-corrected chi connectivity index (χ4v) is 5.96. The van der Waals surface area contributed by atoms with Crippen molar-refractivity contribution in [3.05, 3.63) is 58.1 Å². The highest BCUT2D eigenvalue weighted by molar-refractivity contribution is 7.93. The predicted octanol–water partition coefficient (Wildman–Crippen LogP) is 4.08. The maximum atomic E-state index is 13.4. The van der Waals surface area contributed by atoms with Crippen molar-refractivity contribution in [2.75, 3.05) is 12.4 Å². The van der Waals surface area contributed by atoms with Crippen LogP contribution in [0.15, 0.2) is 47.4 Å². The van der Waals surface area contributed by atoms with E-state index in [1.54, 1.807) is 0 Å². The number of carbonyl (C=O) groups excluding carboxylic acids is 2. The number of benzene rings is 2. The van der Waals surface area contributed by atoms with Gasteiger partial charge in [0.15, 0.2) is 14.6 Å². The Balaban J connectivity index is 1.97. The van der Waals surface area contributed by atoms with Gasteiger partial charge in [-0.3, -0.25) is 9.59 Å². The average Bonchev–Trinajstić information content (AvgIpc) is 3.21. The minimum Gasteiger partial charge on any atom is -0.355 e. The standard InChI is InChI=1S/C20H20Cl2N2O4S/c1-23-18(25)16-12-14(6-9-17(16)22)24-19(26)20(10-2-3-11-20)29(27,28)15-7-4-13(21)5-8-15/h4-9,12H,2-3,10-11H2,1H3,(H,23,25)(H,24,26). The van der Waals surface area contributed by atoms with Crippen LogP contribution in [-0.4, -0.2) is 32.0 Å². The Morgan fingerprint density at radius 2 is 1.62 bits per heavy atom. The summed E-state index contributed by atoms with van der Waals surface area (Å²) in [7, 11) is -2.48. The molecule has 0 unspecified atom stereocenters. The Hall–Kier alpha value is -2.09. The van der Waals surface area contributed by atoms with Crippen LogP contribution in [0.3, 0.4) is 0 Å². The van der Waals surface area contributed by atoms with Crippen LogP contribution in [0.5, 0.6) is 0 Å². The van der Waals surface area contributed by atoms with E-state index in [1.165, 1.54) is 49.5 Å². The number of nitrogens with one attached hydrogen (secondary N) is 2. The van der Waals surface area contributed by atoms with Crippen molar-refractivity contribution < 1.29 is 18.0 Å². The average molecular weight is 455 g/mol. The lowest BCUT2D eigenvalue weighted by Crippen LogP contribution is -2.47. The SMILES string of the molecule is CNC(=O)c1cc(NC(=O)C2(S(=O)(=O)c3ccc(Cl)cc3)CCCC2)ccc1Cl. The molecule has 154 valence electrons. The third-order valence-electron chi connectivity index (χ3n) is 5.16. The van der Waals surface area contributed by atoms with Gasteiger partial charge in [0.1, 0.15) is 0 Å². The van der Waals surface area contributed by atoms with Crippen molar-refractivity contribution in [3.8, 4) is 0 Å². The molecule has 2 aromatic rings. The van der Waals surface area contributed by atoms with E-state index in [4.69, 9.17) is 23.2 Å². The lowest BCUT2D eigenvalue weighted by Gasteiger charge is -2.27. The first-order chi connectivity index (χ1) is 13.7. The predicted molar refractivity (Wildman–Crippen MR) is 113 cm³/mol. The van der Waals surface area contributed by atoms with Crippen molar-refractivity contribution >= 4 is 50.5 Å². The fourth-order valence-electron chi connectivity index (χ4n) is 3.56. The minimum absolute atomic E-state index is 0.0566. The van der Waals surface area contributed by atoms with Gasteiger partial charge in [-0.05, 0) is 55.3 Å². The van der Waals surface area contributed by atoms with Crippen LogP contribution in [0.4, 0.5) is 5.69 Å². The summed E-state index contributed by atoms with van der Waals surface area (Å²) < 4.78 is 25.2. The summed E-state index contributed by atoms with van der Waals surface area (Å²) in [5, 5.41) is 5.79. The van der Waals surface area contributed by atoms with Crippen LogP contribution in [0.25, 0.3) is 0 Å². The zero-order valence-corrected chi connectivity index (χ0v) is 18.0. The molecule has 0 spiro atoms. The maximum Gasteiger partial charge on any atom is 0.252 e. The molecule has 2 aromatic carbocycles. The van der Waals surface area contributed by atoms with Gasteiger partial charge in [-0.1, -0.05) is 36.0 Å². The van der Waals surface area contributed by atoms with Gasteiger partial charge >= 0.3 is 0 Å². The molecule has 0 heterocycles. The fraction of sp³-hybridized carbons (Fsp3) is 0.300. The highest BCUT2D eigenvalue weighted by Gasteiger charge is 2.53. The van der Waals surface area contributed by atoms with Crippen LogP contribution >= 0.6 is 23.2 Å². The maximum absolute atomic E-state index is 13.4. The summed E-state index contributed by atoms with van der Waals surface area (Å²) in [6.07, 6.45) is 1.70. The Bertz CT molecular complexity index is 1050. The molecule has 0 aliphatic heterocycles. The molecule has 0 atom stereocenters. The lowest BCUT2D eigenvalue weighted by atomic mass is 10.1. The molecule has 0 saturated heterocycles. The van der Waals surface area contributed by atoms with Gasteiger partial charge in [-0.25, -0.2) is 8.42 Å². The van der Waals surface area contributed by atoms with Gasteiger partial charge in [0, 0.05) is 17.8 Å². The Labute approximate surface area is 179 Å². The van der Waals surface area contributed by atoms with Gasteiger partial charge in [-0.2, -0.15) is 0 Å². The Morgan fingerprint density at radius 1 is 1.00 bits per heavy atom. The molecule has 0 bridgehead atoms. The third kappa shape index (κ3) is 3.99. The number of hydrogen-bond donors (Lipinski definition) is 2. The quantitative estimate of drug-likeness (QED) is 0.711. The van der Waals surface area contributed by atoms with Crippen LogP contribution in [0.2, 0.25) is 10.0 Å². The molecule has 2 amide bonds. The number of amides is 2. The first-order valence-corrected chi connectivity index (χ1v) is 11.3. The van der Waals surface area contributed by atoms with E-state index in [9.17, 15) is 18.0 Å². The van der Waals surface area contributed by atoms with Crippen molar-refractivity contribution in [2.45, 2.75) is 35.3 Å². The normalized spacial score (nSPS) is 15.7. The van der Waals surface area contributed by atoms with Crippen molar-refractivity contribution in [3.63, 3.8) is 0 Å². The molecular weight excluding hydrogens is 435 g/mol. The summed E-state index contributed by atoms with van der Waals surface area (Å²) in [5.74, 6) is -1.02. The molecule has 1 saturated carbocycles. The highest BCUT2D eigenvalue weighted by atomic mass is 35.5. The molecule has 3 rings (SSSR count). The molecule has 1 aliphatic carbocycles. The number of rotatable bonds is 5. The van der Waals surface area contributed by atoms with Crippen LogP contribution < -0.4 is 10.6 Å².